The third-order valence-electron chi connectivity index (χ3n) is 5.99. The lowest BCUT2D eigenvalue weighted by molar-refractivity contribution is -0.161. The van der Waals surface area contributed by atoms with Gasteiger partial charge in [0.1, 0.15) is 5.41 Å². The molecule has 2 aromatic carbocycles. The Morgan fingerprint density at radius 3 is 2.42 bits per heavy atom. The Balaban J connectivity index is 2.16. The van der Waals surface area contributed by atoms with Gasteiger partial charge >= 0.3 is 5.97 Å². The predicted molar refractivity (Wildman–Crippen MR) is 121 cm³/mol. The zero-order valence-electron chi connectivity index (χ0n) is 18.3. The highest BCUT2D eigenvalue weighted by molar-refractivity contribution is 6.14. The number of carbonyl (C=O) groups excluding carboxylic acids is 2. The maximum Gasteiger partial charge on any atom is 0.320 e. The minimum atomic E-state index is -1.40. The number of esters is 1. The fourth-order valence-corrected chi connectivity index (χ4v) is 4.33. The molecule has 3 rings (SSSR count). The molecule has 0 saturated carbocycles. The fraction of sp³-hybridized carbons (Fsp3) is 0.346. The van der Waals surface area contributed by atoms with Crippen LogP contribution in [0.2, 0.25) is 0 Å². The van der Waals surface area contributed by atoms with Gasteiger partial charge in [0, 0.05) is 32.1 Å². The van der Waals surface area contributed by atoms with Gasteiger partial charge in [-0.05, 0) is 54.7 Å². The Morgan fingerprint density at radius 1 is 1.16 bits per heavy atom. The van der Waals surface area contributed by atoms with E-state index in [-0.39, 0.29) is 25.2 Å². The second kappa shape index (κ2) is 9.61. The van der Waals surface area contributed by atoms with E-state index in [0.717, 1.165) is 22.4 Å². The molecule has 0 fully saturated rings. The summed E-state index contributed by atoms with van der Waals surface area (Å²) in [5.41, 5.74) is 2.38. The third-order valence-corrected chi connectivity index (χ3v) is 5.99. The van der Waals surface area contributed by atoms with E-state index < -0.39 is 17.3 Å². The monoisotopic (exact) mass is 416 g/mol. The maximum atomic E-state index is 13.6. The van der Waals surface area contributed by atoms with E-state index in [1.165, 1.54) is 0 Å². The Hall–Kier alpha value is -3.39. The quantitative estimate of drug-likeness (QED) is 0.481. The number of benzene rings is 2. The number of hydrogen-bond donors (Lipinski definition) is 0. The Morgan fingerprint density at radius 2 is 1.84 bits per heavy atom. The first kappa shape index (κ1) is 22.3. The van der Waals surface area contributed by atoms with Crippen LogP contribution in [0.5, 0.6) is 0 Å². The second-order valence-corrected chi connectivity index (χ2v) is 7.99. The van der Waals surface area contributed by atoms with Crippen molar-refractivity contribution in [1.29, 1.82) is 5.26 Å². The highest BCUT2D eigenvalue weighted by Gasteiger charge is 2.54. The minimum Gasteiger partial charge on any atom is -0.465 e. The molecule has 2 unspecified atom stereocenters. The van der Waals surface area contributed by atoms with E-state index in [1.54, 1.807) is 13.0 Å². The number of ether oxygens (including phenoxy) is 1. The third kappa shape index (κ3) is 4.39. The Bertz CT molecular complexity index is 1000. The van der Waals surface area contributed by atoms with Gasteiger partial charge in [0.15, 0.2) is 5.78 Å². The summed E-state index contributed by atoms with van der Waals surface area (Å²) in [6.45, 7) is 1.91. The fourth-order valence-electron chi connectivity index (χ4n) is 4.33. The number of nitrogens with zero attached hydrogens (tertiary/aromatic N) is 2. The molecule has 0 aromatic heterocycles. The highest BCUT2D eigenvalue weighted by Crippen LogP contribution is 2.50. The number of carbonyl (C=O) groups is 2. The summed E-state index contributed by atoms with van der Waals surface area (Å²) in [6.07, 6.45) is 2.33. The van der Waals surface area contributed by atoms with Crippen LogP contribution >= 0.6 is 0 Å². The molecule has 2 aromatic rings. The van der Waals surface area contributed by atoms with E-state index in [2.05, 4.69) is 6.07 Å². The minimum absolute atomic E-state index is 0.103. The molecule has 31 heavy (non-hydrogen) atoms. The topological polar surface area (TPSA) is 70.4 Å². The lowest BCUT2D eigenvalue weighted by Gasteiger charge is -2.40. The molecular weight excluding hydrogens is 388 g/mol. The molecule has 0 aliphatic heterocycles. The van der Waals surface area contributed by atoms with Crippen molar-refractivity contribution in [1.82, 2.24) is 0 Å². The molecule has 1 aliphatic carbocycles. The first-order chi connectivity index (χ1) is 14.9. The molecular formula is C26H28N2O3. The number of rotatable bonds is 7. The van der Waals surface area contributed by atoms with Gasteiger partial charge in [-0.25, -0.2) is 0 Å². The van der Waals surface area contributed by atoms with Crippen LogP contribution < -0.4 is 4.90 Å². The molecule has 2 atom stereocenters. The molecule has 1 aliphatic rings. The van der Waals surface area contributed by atoms with Crippen molar-refractivity contribution in [2.24, 2.45) is 5.41 Å². The van der Waals surface area contributed by atoms with E-state index in [0.29, 0.717) is 6.42 Å². The van der Waals surface area contributed by atoms with Crippen molar-refractivity contribution in [2.75, 3.05) is 25.6 Å². The molecule has 0 saturated heterocycles. The molecule has 0 heterocycles. The standard InChI is InChI=1S/C26H28N2O3/c1-4-31-25(30)26(15-8-16-27)23(20-11-13-22(14-12-20)28(2)3)17-21(18-24(26)29)19-9-6-5-7-10-19/h5-7,9-14,18,23H,4,8,15,17H2,1-3H3. The summed E-state index contributed by atoms with van der Waals surface area (Å²) < 4.78 is 5.40. The molecule has 0 N–H and O–H groups in total. The van der Waals surface area contributed by atoms with Gasteiger partial charge in [-0.2, -0.15) is 5.26 Å². The predicted octanol–water partition coefficient (Wildman–Crippen LogP) is 4.75. The Labute approximate surface area is 183 Å². The van der Waals surface area contributed by atoms with Gasteiger partial charge in [0.05, 0.1) is 12.7 Å². The molecule has 0 radical (unpaired) electrons. The molecule has 0 amide bonds. The van der Waals surface area contributed by atoms with Gasteiger partial charge in [-0.1, -0.05) is 42.5 Å². The summed E-state index contributed by atoms with van der Waals surface area (Å²) in [4.78, 5) is 28.8. The van der Waals surface area contributed by atoms with Crippen LogP contribution in [0.25, 0.3) is 5.57 Å². The van der Waals surface area contributed by atoms with Crippen LogP contribution in [-0.2, 0) is 14.3 Å². The zero-order valence-corrected chi connectivity index (χ0v) is 18.3. The van der Waals surface area contributed by atoms with Crippen LogP contribution in [0.1, 0.15) is 43.2 Å². The smallest absolute Gasteiger partial charge is 0.320 e. The molecule has 0 bridgehead atoms. The van der Waals surface area contributed by atoms with Gasteiger partial charge in [0.2, 0.25) is 0 Å². The number of anilines is 1. The van der Waals surface area contributed by atoms with E-state index in [1.807, 2.05) is 73.6 Å². The SMILES string of the molecule is CCOC(=O)C1(CCC#N)C(=O)C=C(c2ccccc2)CC1c1ccc(N(C)C)cc1. The lowest BCUT2D eigenvalue weighted by Crippen LogP contribution is -2.47. The van der Waals surface area contributed by atoms with Crippen LogP contribution in [0.15, 0.2) is 60.7 Å². The van der Waals surface area contributed by atoms with E-state index in [4.69, 9.17) is 4.74 Å². The van der Waals surface area contributed by atoms with Crippen molar-refractivity contribution < 1.29 is 14.3 Å². The first-order valence-electron chi connectivity index (χ1n) is 10.6. The van der Waals surface area contributed by atoms with Gasteiger partial charge in [0.25, 0.3) is 0 Å². The molecule has 5 heteroatoms. The number of hydrogen-bond acceptors (Lipinski definition) is 5. The number of ketones is 1. The number of allylic oxidation sites excluding steroid dienone is 2. The van der Waals surface area contributed by atoms with Crippen molar-refractivity contribution in [3.8, 4) is 6.07 Å². The molecule has 5 nitrogen and oxygen atoms in total. The van der Waals surface area contributed by atoms with Gasteiger partial charge in [-0.3, -0.25) is 9.59 Å². The Kier molecular flexibility index (Phi) is 6.91. The van der Waals surface area contributed by atoms with Crippen molar-refractivity contribution >= 4 is 23.0 Å². The van der Waals surface area contributed by atoms with Crippen LogP contribution in [0.3, 0.4) is 0 Å². The average molecular weight is 417 g/mol. The lowest BCUT2D eigenvalue weighted by atomic mass is 9.61. The van der Waals surface area contributed by atoms with Gasteiger partial charge in [-0.15, -0.1) is 0 Å². The summed E-state index contributed by atoms with van der Waals surface area (Å²) in [7, 11) is 3.93. The average Bonchev–Trinajstić information content (AvgIpc) is 2.78. The van der Waals surface area contributed by atoms with E-state index in [9.17, 15) is 14.9 Å². The summed E-state index contributed by atoms with van der Waals surface area (Å²) in [5.74, 6) is -1.24. The number of nitriles is 1. The van der Waals surface area contributed by atoms with Crippen molar-refractivity contribution in [2.45, 2.75) is 32.1 Å². The van der Waals surface area contributed by atoms with Crippen molar-refractivity contribution in [3.05, 3.63) is 71.8 Å². The molecule has 160 valence electrons. The van der Waals surface area contributed by atoms with Gasteiger partial charge < -0.3 is 9.64 Å². The summed E-state index contributed by atoms with van der Waals surface area (Å²) >= 11 is 0. The van der Waals surface area contributed by atoms with Crippen LogP contribution in [-0.4, -0.2) is 32.5 Å². The summed E-state index contributed by atoms with van der Waals surface area (Å²) in [6, 6.07) is 19.8. The second-order valence-electron chi connectivity index (χ2n) is 7.99. The largest absolute Gasteiger partial charge is 0.465 e. The highest BCUT2D eigenvalue weighted by atomic mass is 16.5. The van der Waals surface area contributed by atoms with Crippen molar-refractivity contribution in [3.63, 3.8) is 0 Å². The molecule has 0 spiro atoms. The zero-order chi connectivity index (χ0) is 22.4. The maximum absolute atomic E-state index is 13.6. The van der Waals surface area contributed by atoms with Crippen LogP contribution in [0.4, 0.5) is 5.69 Å². The first-order valence-corrected chi connectivity index (χ1v) is 10.6. The summed E-state index contributed by atoms with van der Waals surface area (Å²) in [5, 5.41) is 9.26. The van der Waals surface area contributed by atoms with E-state index >= 15 is 0 Å². The normalized spacial score (nSPS) is 20.5. The van der Waals surface area contributed by atoms with Crippen LogP contribution in [0, 0.1) is 16.7 Å².